The fourth-order valence-corrected chi connectivity index (χ4v) is 4.79. The lowest BCUT2D eigenvalue weighted by Gasteiger charge is -2.70. The smallest absolute Gasteiger partial charge is 0.318 e. The summed E-state index contributed by atoms with van der Waals surface area (Å²) in [5.41, 5.74) is 0.733. The van der Waals surface area contributed by atoms with Crippen molar-refractivity contribution in [2.24, 2.45) is 5.92 Å². The number of aliphatic hydroxyl groups excluding tert-OH is 1. The van der Waals surface area contributed by atoms with Crippen molar-refractivity contribution in [3.63, 3.8) is 0 Å². The molecule has 2 heterocycles. The number of carbonyl (C=O) groups is 2. The first-order valence-corrected chi connectivity index (χ1v) is 10.1. The van der Waals surface area contributed by atoms with E-state index in [2.05, 4.69) is 17.4 Å². The van der Waals surface area contributed by atoms with Crippen LogP contribution < -0.4 is 5.32 Å². The van der Waals surface area contributed by atoms with Crippen LogP contribution >= 0.6 is 0 Å². The van der Waals surface area contributed by atoms with Crippen LogP contribution in [0.2, 0.25) is 0 Å². The zero-order chi connectivity index (χ0) is 19.0. The van der Waals surface area contributed by atoms with Crippen LogP contribution in [-0.2, 0) is 4.79 Å². The largest absolute Gasteiger partial charge is 0.394 e. The third-order valence-corrected chi connectivity index (χ3v) is 6.31. The highest BCUT2D eigenvalue weighted by molar-refractivity contribution is 5.82. The van der Waals surface area contributed by atoms with Crippen molar-refractivity contribution >= 4 is 11.9 Å². The van der Waals surface area contributed by atoms with E-state index < -0.39 is 5.54 Å². The Morgan fingerprint density at radius 1 is 1.22 bits per heavy atom. The first-order chi connectivity index (χ1) is 13.1. The van der Waals surface area contributed by atoms with Crippen LogP contribution in [0, 0.1) is 5.92 Å². The average molecular weight is 371 g/mol. The van der Waals surface area contributed by atoms with Gasteiger partial charge in [-0.25, -0.2) is 4.79 Å². The minimum Gasteiger partial charge on any atom is -0.394 e. The van der Waals surface area contributed by atoms with Crippen molar-refractivity contribution in [3.8, 4) is 0 Å². The van der Waals surface area contributed by atoms with E-state index in [0.29, 0.717) is 32.0 Å². The first-order valence-electron chi connectivity index (χ1n) is 10.1. The molecule has 1 aliphatic carbocycles. The lowest BCUT2D eigenvalue weighted by molar-refractivity contribution is -0.177. The zero-order valence-corrected chi connectivity index (χ0v) is 15.9. The molecule has 6 heteroatoms. The molecule has 4 rings (SSSR count). The SMILES string of the molecule is CCCNC(=O)N1[C@@H](CO)[C@H](c2ccccc2)C12CN(C(=O)CC1CC1)C2. The van der Waals surface area contributed by atoms with Crippen molar-refractivity contribution in [2.75, 3.05) is 26.2 Å². The molecule has 1 spiro atoms. The second-order valence-electron chi connectivity index (χ2n) is 8.24. The maximum atomic E-state index is 12.8. The van der Waals surface area contributed by atoms with Crippen LogP contribution in [0.25, 0.3) is 0 Å². The normalized spacial score (nSPS) is 25.7. The van der Waals surface area contributed by atoms with Crippen molar-refractivity contribution in [1.82, 2.24) is 15.1 Å². The van der Waals surface area contributed by atoms with Crippen molar-refractivity contribution in [2.45, 2.75) is 50.1 Å². The number of urea groups is 1. The van der Waals surface area contributed by atoms with Crippen LogP contribution in [0.1, 0.15) is 44.1 Å². The molecule has 0 unspecified atom stereocenters. The second kappa shape index (κ2) is 7.15. The molecule has 1 aromatic rings. The van der Waals surface area contributed by atoms with Gasteiger partial charge >= 0.3 is 6.03 Å². The average Bonchev–Trinajstić information content (AvgIpc) is 3.43. The number of amides is 3. The molecule has 146 valence electrons. The molecule has 2 saturated heterocycles. The van der Waals surface area contributed by atoms with Gasteiger partial charge in [0.05, 0.1) is 18.2 Å². The number of nitrogens with zero attached hydrogens (tertiary/aromatic N) is 2. The molecular weight excluding hydrogens is 342 g/mol. The number of hydrogen-bond acceptors (Lipinski definition) is 3. The van der Waals surface area contributed by atoms with Crippen molar-refractivity contribution < 1.29 is 14.7 Å². The van der Waals surface area contributed by atoms with Gasteiger partial charge in [-0.05, 0) is 30.7 Å². The fraction of sp³-hybridized carbons (Fsp3) is 0.619. The Labute approximate surface area is 160 Å². The van der Waals surface area contributed by atoms with Gasteiger partial charge in [0, 0.05) is 32.0 Å². The van der Waals surface area contributed by atoms with E-state index in [-0.39, 0.29) is 30.5 Å². The molecule has 1 saturated carbocycles. The molecule has 0 aromatic heterocycles. The van der Waals surface area contributed by atoms with E-state index in [4.69, 9.17) is 0 Å². The van der Waals surface area contributed by atoms with Gasteiger partial charge in [0.1, 0.15) is 0 Å². The summed E-state index contributed by atoms with van der Waals surface area (Å²) >= 11 is 0. The number of rotatable bonds is 6. The highest BCUT2D eigenvalue weighted by Crippen LogP contribution is 2.54. The van der Waals surface area contributed by atoms with Crippen LogP contribution in [0.5, 0.6) is 0 Å². The third kappa shape index (κ3) is 3.10. The number of aliphatic hydroxyl groups is 1. The van der Waals surface area contributed by atoms with Gasteiger partial charge < -0.3 is 20.2 Å². The third-order valence-electron chi connectivity index (χ3n) is 6.31. The number of benzene rings is 1. The van der Waals surface area contributed by atoms with Crippen molar-refractivity contribution in [3.05, 3.63) is 35.9 Å². The van der Waals surface area contributed by atoms with Crippen molar-refractivity contribution in [1.29, 1.82) is 0 Å². The molecule has 2 aliphatic heterocycles. The van der Waals surface area contributed by atoms with Gasteiger partial charge in [0.25, 0.3) is 0 Å². The van der Waals surface area contributed by atoms with Crippen LogP contribution in [0.3, 0.4) is 0 Å². The Morgan fingerprint density at radius 3 is 2.52 bits per heavy atom. The Balaban J connectivity index is 1.55. The zero-order valence-electron chi connectivity index (χ0n) is 15.9. The summed E-state index contributed by atoms with van der Waals surface area (Å²) in [5.74, 6) is 0.826. The predicted molar refractivity (Wildman–Crippen MR) is 102 cm³/mol. The summed E-state index contributed by atoms with van der Waals surface area (Å²) in [6.07, 6.45) is 3.83. The van der Waals surface area contributed by atoms with Gasteiger partial charge in [0.15, 0.2) is 0 Å². The maximum absolute atomic E-state index is 12.8. The van der Waals surface area contributed by atoms with Crippen LogP contribution in [-0.4, -0.2) is 64.7 Å². The van der Waals surface area contributed by atoms with E-state index in [0.717, 1.165) is 24.8 Å². The van der Waals surface area contributed by atoms with Gasteiger partial charge in [-0.15, -0.1) is 0 Å². The number of hydrogen-bond donors (Lipinski definition) is 2. The Bertz CT molecular complexity index is 698. The van der Waals surface area contributed by atoms with Crippen LogP contribution in [0.4, 0.5) is 4.79 Å². The summed E-state index contributed by atoms with van der Waals surface area (Å²) in [6.45, 7) is 3.69. The summed E-state index contributed by atoms with van der Waals surface area (Å²) in [7, 11) is 0. The standard InChI is InChI=1S/C21H29N3O3/c1-2-10-22-20(27)24-17(12-25)19(16-6-4-3-5-7-16)21(24)13-23(14-21)18(26)11-15-8-9-15/h3-7,15,17,19,25H,2,8-14H2,1H3,(H,22,27)/t17-,19-/m0/s1. The maximum Gasteiger partial charge on any atom is 0.318 e. The van der Waals surface area contributed by atoms with Gasteiger partial charge in [0.2, 0.25) is 5.91 Å². The van der Waals surface area contributed by atoms with Gasteiger partial charge in [-0.1, -0.05) is 37.3 Å². The minimum atomic E-state index is -0.397. The number of likely N-dealkylation sites (tertiary alicyclic amines) is 2. The highest BCUT2D eigenvalue weighted by atomic mass is 16.3. The molecule has 2 atom stereocenters. The summed E-state index contributed by atoms with van der Waals surface area (Å²) in [4.78, 5) is 29.0. The lowest BCUT2D eigenvalue weighted by Crippen LogP contribution is -2.86. The van der Waals surface area contributed by atoms with E-state index in [1.54, 1.807) is 4.90 Å². The minimum absolute atomic E-state index is 0.0565. The molecule has 3 amide bonds. The summed E-state index contributed by atoms with van der Waals surface area (Å²) in [6, 6.07) is 9.71. The molecular formula is C21H29N3O3. The molecule has 3 fully saturated rings. The van der Waals surface area contributed by atoms with Gasteiger partial charge in [-0.2, -0.15) is 0 Å². The second-order valence-corrected chi connectivity index (χ2v) is 8.24. The molecule has 1 aromatic carbocycles. The Kier molecular flexibility index (Phi) is 4.84. The van der Waals surface area contributed by atoms with Gasteiger partial charge in [-0.3, -0.25) is 4.79 Å². The first kappa shape index (κ1) is 18.3. The Hall–Kier alpha value is -2.08. The molecule has 2 N–H and O–H groups in total. The highest BCUT2D eigenvalue weighted by Gasteiger charge is 2.68. The lowest BCUT2D eigenvalue weighted by atomic mass is 9.61. The number of nitrogens with one attached hydrogen (secondary N) is 1. The molecule has 27 heavy (non-hydrogen) atoms. The topological polar surface area (TPSA) is 72.9 Å². The van der Waals surface area contributed by atoms with E-state index >= 15 is 0 Å². The molecule has 0 radical (unpaired) electrons. The fourth-order valence-electron chi connectivity index (χ4n) is 4.79. The molecule has 0 bridgehead atoms. The molecule has 3 aliphatic rings. The number of carbonyl (C=O) groups excluding carboxylic acids is 2. The summed E-state index contributed by atoms with van der Waals surface area (Å²) in [5, 5.41) is 13.0. The molecule has 6 nitrogen and oxygen atoms in total. The quantitative estimate of drug-likeness (QED) is 0.803. The Morgan fingerprint density at radius 2 is 1.93 bits per heavy atom. The van der Waals surface area contributed by atoms with E-state index in [1.807, 2.05) is 30.0 Å². The van der Waals surface area contributed by atoms with E-state index in [1.165, 1.54) is 0 Å². The predicted octanol–water partition coefficient (Wildman–Crippen LogP) is 1.95. The van der Waals surface area contributed by atoms with Crippen LogP contribution in [0.15, 0.2) is 30.3 Å². The summed E-state index contributed by atoms with van der Waals surface area (Å²) < 4.78 is 0. The monoisotopic (exact) mass is 371 g/mol. The van der Waals surface area contributed by atoms with E-state index in [9.17, 15) is 14.7 Å².